The molecule has 2 aromatic rings. The molecule has 25 heavy (non-hydrogen) atoms. The molecular weight excluding hydrogens is 361 g/mol. The zero-order valence-electron chi connectivity index (χ0n) is 14.1. The zero-order valence-corrected chi connectivity index (χ0v) is 15.7. The number of ether oxygens (including phenoxy) is 1. The number of aliphatic hydroxyl groups is 1. The van der Waals surface area contributed by atoms with E-state index in [2.05, 4.69) is 22.8 Å². The summed E-state index contributed by atoms with van der Waals surface area (Å²) < 4.78 is 18.4. The van der Waals surface area contributed by atoms with Crippen molar-refractivity contribution in [2.45, 2.75) is 37.8 Å². The quantitative estimate of drug-likeness (QED) is 0.699. The molecule has 2 atom stereocenters. The SMILES string of the molecule is Cl.OC(CNC(c1cccs1)C1CCCC1)COc1ccc(F)cc1. The van der Waals surface area contributed by atoms with Crippen molar-refractivity contribution in [1.82, 2.24) is 5.32 Å². The first-order valence-corrected chi connectivity index (χ1v) is 9.43. The number of benzene rings is 1. The van der Waals surface area contributed by atoms with Gasteiger partial charge in [-0.25, -0.2) is 4.39 Å². The number of halogens is 2. The Morgan fingerprint density at radius 2 is 1.92 bits per heavy atom. The van der Waals surface area contributed by atoms with Crippen LogP contribution in [0.2, 0.25) is 0 Å². The Labute approximate surface area is 158 Å². The Morgan fingerprint density at radius 1 is 1.20 bits per heavy atom. The fourth-order valence-corrected chi connectivity index (χ4v) is 4.20. The molecule has 6 heteroatoms. The second-order valence-electron chi connectivity index (χ2n) is 6.36. The number of thiophene rings is 1. The first-order chi connectivity index (χ1) is 11.7. The standard InChI is InChI=1S/C19H24FNO2S.ClH/c20-15-7-9-17(10-8-15)23-13-16(22)12-21-19(14-4-1-2-5-14)18-6-3-11-24-18;/h3,6-11,14,16,19,21-22H,1-2,4-5,12-13H2;1H. The highest BCUT2D eigenvalue weighted by atomic mass is 35.5. The Kier molecular flexibility index (Phi) is 8.16. The average molecular weight is 386 g/mol. The van der Waals surface area contributed by atoms with Gasteiger partial charge in [-0.3, -0.25) is 0 Å². The molecule has 2 N–H and O–H groups in total. The molecule has 3 nitrogen and oxygen atoms in total. The van der Waals surface area contributed by atoms with Crippen LogP contribution < -0.4 is 10.1 Å². The van der Waals surface area contributed by atoms with Crippen LogP contribution in [0, 0.1) is 11.7 Å². The van der Waals surface area contributed by atoms with E-state index in [1.165, 1.54) is 42.7 Å². The summed E-state index contributed by atoms with van der Waals surface area (Å²) in [6.45, 7) is 0.681. The van der Waals surface area contributed by atoms with Gasteiger partial charge < -0.3 is 15.2 Å². The van der Waals surface area contributed by atoms with Crippen molar-refractivity contribution in [3.63, 3.8) is 0 Å². The van der Waals surface area contributed by atoms with Crippen molar-refractivity contribution in [3.8, 4) is 5.75 Å². The van der Waals surface area contributed by atoms with Gasteiger partial charge in [0, 0.05) is 17.5 Å². The number of hydrogen-bond donors (Lipinski definition) is 2. The van der Waals surface area contributed by atoms with Crippen LogP contribution in [0.5, 0.6) is 5.75 Å². The second-order valence-corrected chi connectivity index (χ2v) is 7.34. The van der Waals surface area contributed by atoms with Crippen LogP contribution >= 0.6 is 23.7 Å². The number of aliphatic hydroxyl groups excluding tert-OH is 1. The fourth-order valence-electron chi connectivity index (χ4n) is 3.30. The molecule has 0 aliphatic heterocycles. The summed E-state index contributed by atoms with van der Waals surface area (Å²) >= 11 is 1.77. The molecule has 1 aromatic heterocycles. The number of rotatable bonds is 8. The van der Waals surface area contributed by atoms with Crippen LogP contribution in [0.4, 0.5) is 4.39 Å². The normalized spacial score (nSPS) is 17.0. The molecule has 1 saturated carbocycles. The van der Waals surface area contributed by atoms with E-state index in [4.69, 9.17) is 4.74 Å². The van der Waals surface area contributed by atoms with Crippen molar-refractivity contribution in [2.75, 3.05) is 13.2 Å². The fraction of sp³-hybridized carbons (Fsp3) is 0.474. The summed E-state index contributed by atoms with van der Waals surface area (Å²) in [5.41, 5.74) is 0. The third kappa shape index (κ3) is 5.96. The highest BCUT2D eigenvalue weighted by molar-refractivity contribution is 7.10. The minimum atomic E-state index is -0.598. The number of nitrogens with one attached hydrogen (secondary N) is 1. The summed E-state index contributed by atoms with van der Waals surface area (Å²) in [5.74, 6) is 0.926. The lowest BCUT2D eigenvalue weighted by molar-refractivity contribution is 0.101. The van der Waals surface area contributed by atoms with Crippen molar-refractivity contribution in [3.05, 3.63) is 52.5 Å². The largest absolute Gasteiger partial charge is 0.491 e. The van der Waals surface area contributed by atoms with Crippen molar-refractivity contribution in [2.24, 2.45) is 5.92 Å². The van der Waals surface area contributed by atoms with E-state index < -0.39 is 6.10 Å². The van der Waals surface area contributed by atoms with Crippen LogP contribution in [0.3, 0.4) is 0 Å². The van der Waals surface area contributed by atoms with Crippen LogP contribution in [0.1, 0.15) is 36.6 Å². The lowest BCUT2D eigenvalue weighted by Crippen LogP contribution is -2.36. The summed E-state index contributed by atoms with van der Waals surface area (Å²) in [4.78, 5) is 1.34. The monoisotopic (exact) mass is 385 g/mol. The third-order valence-corrected chi connectivity index (χ3v) is 5.51. The van der Waals surface area contributed by atoms with Crippen LogP contribution in [0.25, 0.3) is 0 Å². The molecule has 0 radical (unpaired) electrons. The highest BCUT2D eigenvalue weighted by Crippen LogP contribution is 2.37. The van der Waals surface area contributed by atoms with Gasteiger partial charge >= 0.3 is 0 Å². The van der Waals surface area contributed by atoms with Gasteiger partial charge in [-0.15, -0.1) is 23.7 Å². The molecule has 0 bridgehead atoms. The maximum atomic E-state index is 12.9. The Balaban J connectivity index is 0.00000225. The van der Waals surface area contributed by atoms with Gasteiger partial charge in [0.2, 0.25) is 0 Å². The molecule has 1 aliphatic rings. The van der Waals surface area contributed by atoms with E-state index in [9.17, 15) is 9.50 Å². The van der Waals surface area contributed by atoms with Crippen molar-refractivity contribution in [1.29, 1.82) is 0 Å². The maximum absolute atomic E-state index is 12.9. The first-order valence-electron chi connectivity index (χ1n) is 8.55. The van der Waals surface area contributed by atoms with E-state index in [-0.39, 0.29) is 24.8 Å². The van der Waals surface area contributed by atoms with Gasteiger partial charge in [0.25, 0.3) is 0 Å². The molecule has 1 aromatic carbocycles. The van der Waals surface area contributed by atoms with Crippen molar-refractivity contribution >= 4 is 23.7 Å². The third-order valence-electron chi connectivity index (χ3n) is 4.55. The van der Waals surface area contributed by atoms with Crippen LogP contribution in [-0.4, -0.2) is 24.4 Å². The van der Waals surface area contributed by atoms with Gasteiger partial charge in [0.15, 0.2) is 0 Å². The second kappa shape index (κ2) is 10.1. The number of hydrogen-bond acceptors (Lipinski definition) is 4. The first kappa shape index (κ1) is 20.2. The molecule has 1 aliphatic carbocycles. The lowest BCUT2D eigenvalue weighted by atomic mass is 9.96. The van der Waals surface area contributed by atoms with E-state index in [0.29, 0.717) is 24.3 Å². The van der Waals surface area contributed by atoms with Crippen LogP contribution in [0.15, 0.2) is 41.8 Å². The van der Waals surface area contributed by atoms with Crippen LogP contribution in [-0.2, 0) is 0 Å². The minimum Gasteiger partial charge on any atom is -0.491 e. The van der Waals surface area contributed by atoms with Gasteiger partial charge in [-0.2, -0.15) is 0 Å². The van der Waals surface area contributed by atoms with Gasteiger partial charge in [0.05, 0.1) is 0 Å². The van der Waals surface area contributed by atoms with Crippen molar-refractivity contribution < 1.29 is 14.2 Å². The summed E-state index contributed by atoms with van der Waals surface area (Å²) in [6.07, 6.45) is 4.49. The van der Waals surface area contributed by atoms with E-state index in [0.717, 1.165) is 0 Å². The van der Waals surface area contributed by atoms with Gasteiger partial charge in [-0.05, 0) is 54.5 Å². The predicted molar refractivity (Wildman–Crippen MR) is 102 cm³/mol. The summed E-state index contributed by atoms with van der Waals surface area (Å²) in [5, 5.41) is 15.8. The molecular formula is C19H25ClFNO2S. The molecule has 138 valence electrons. The lowest BCUT2D eigenvalue weighted by Gasteiger charge is -2.25. The summed E-state index contributed by atoms with van der Waals surface area (Å²) in [7, 11) is 0. The molecule has 2 unspecified atom stereocenters. The maximum Gasteiger partial charge on any atom is 0.123 e. The van der Waals surface area contributed by atoms with E-state index >= 15 is 0 Å². The summed E-state index contributed by atoms with van der Waals surface area (Å²) in [6, 6.07) is 10.4. The predicted octanol–water partition coefficient (Wildman–Crippen LogP) is 4.57. The van der Waals surface area contributed by atoms with Gasteiger partial charge in [0.1, 0.15) is 24.3 Å². The molecule has 0 amide bonds. The molecule has 1 fully saturated rings. The highest BCUT2D eigenvalue weighted by Gasteiger charge is 2.27. The van der Waals surface area contributed by atoms with Gasteiger partial charge in [-0.1, -0.05) is 18.9 Å². The molecule has 1 heterocycles. The molecule has 0 spiro atoms. The Bertz CT molecular complexity index is 602. The van der Waals surface area contributed by atoms with E-state index in [1.54, 1.807) is 23.5 Å². The Hall–Kier alpha value is -1.14. The Morgan fingerprint density at radius 3 is 2.56 bits per heavy atom. The zero-order chi connectivity index (χ0) is 16.8. The molecule has 0 saturated heterocycles. The minimum absolute atomic E-state index is 0. The topological polar surface area (TPSA) is 41.5 Å². The van der Waals surface area contributed by atoms with E-state index in [1.807, 2.05) is 0 Å². The molecule has 3 rings (SSSR count). The average Bonchev–Trinajstić information content (AvgIpc) is 3.29. The smallest absolute Gasteiger partial charge is 0.123 e.